The van der Waals surface area contributed by atoms with Crippen molar-refractivity contribution in [3.05, 3.63) is 88.4 Å². The maximum absolute atomic E-state index is 13.5. The number of anilines is 1. The van der Waals surface area contributed by atoms with Crippen LogP contribution >= 0.6 is 11.6 Å². The maximum atomic E-state index is 13.5. The molecule has 0 saturated heterocycles. The molecule has 184 valence electrons. The summed E-state index contributed by atoms with van der Waals surface area (Å²) < 4.78 is 33.3. The van der Waals surface area contributed by atoms with Crippen LogP contribution < -0.4 is 14.4 Å². The number of carbonyl (C=O) groups excluding carboxylic acids is 1. The molecule has 1 amide bonds. The summed E-state index contributed by atoms with van der Waals surface area (Å²) >= 11 is 6.28. The molecule has 0 aromatic heterocycles. The van der Waals surface area contributed by atoms with Gasteiger partial charge in [0.05, 0.1) is 28.8 Å². The second kappa shape index (κ2) is 10.7. The Hall–Kier alpha value is -3.03. The van der Waals surface area contributed by atoms with Crippen molar-refractivity contribution in [2.45, 2.75) is 43.5 Å². The summed E-state index contributed by atoms with van der Waals surface area (Å²) in [5.41, 5.74) is 3.98. The quantitative estimate of drug-likeness (QED) is 0.444. The van der Waals surface area contributed by atoms with Gasteiger partial charge in [-0.25, -0.2) is 8.42 Å². The number of hydrogen-bond donors (Lipinski definition) is 1. The number of fused-ring (bicyclic) bond motifs is 1. The highest BCUT2D eigenvalue weighted by molar-refractivity contribution is 7.92. The lowest BCUT2D eigenvalue weighted by Crippen LogP contribution is -2.41. The second-order valence-corrected chi connectivity index (χ2v) is 10.9. The number of amides is 1. The van der Waals surface area contributed by atoms with E-state index in [1.54, 1.807) is 30.3 Å². The van der Waals surface area contributed by atoms with Gasteiger partial charge in [-0.05, 0) is 79.6 Å². The van der Waals surface area contributed by atoms with Crippen LogP contribution in [0.25, 0.3) is 0 Å². The third kappa shape index (κ3) is 5.63. The highest BCUT2D eigenvalue weighted by Gasteiger charge is 2.28. The van der Waals surface area contributed by atoms with E-state index in [2.05, 4.69) is 17.4 Å². The number of benzene rings is 3. The Morgan fingerprint density at radius 1 is 1.03 bits per heavy atom. The minimum Gasteiger partial charge on any atom is -0.495 e. The molecule has 0 fully saturated rings. The molecule has 0 radical (unpaired) electrons. The first-order chi connectivity index (χ1) is 16.8. The summed E-state index contributed by atoms with van der Waals surface area (Å²) in [6, 6.07) is 18.7. The Morgan fingerprint density at radius 3 is 2.43 bits per heavy atom. The molecule has 6 nitrogen and oxygen atoms in total. The van der Waals surface area contributed by atoms with Crippen LogP contribution in [0, 0.1) is 0 Å². The molecule has 0 bridgehead atoms. The predicted molar refractivity (Wildman–Crippen MR) is 139 cm³/mol. The number of carbonyl (C=O) groups is 1. The zero-order valence-electron chi connectivity index (χ0n) is 19.8. The summed E-state index contributed by atoms with van der Waals surface area (Å²) in [5.74, 6) is -0.000346. The third-order valence-electron chi connectivity index (χ3n) is 6.29. The van der Waals surface area contributed by atoms with Crippen molar-refractivity contribution in [3.63, 3.8) is 0 Å². The molecular weight excluding hydrogens is 484 g/mol. The van der Waals surface area contributed by atoms with E-state index in [0.717, 1.165) is 22.7 Å². The molecule has 0 saturated carbocycles. The molecule has 8 heteroatoms. The molecule has 4 rings (SSSR count). The molecule has 0 spiro atoms. The number of sulfonamides is 1. The van der Waals surface area contributed by atoms with Crippen molar-refractivity contribution in [2.75, 3.05) is 18.0 Å². The number of hydrogen-bond acceptors (Lipinski definition) is 4. The summed E-state index contributed by atoms with van der Waals surface area (Å²) in [5, 5.41) is 3.21. The first kappa shape index (κ1) is 25.1. The van der Waals surface area contributed by atoms with Gasteiger partial charge in [0.15, 0.2) is 0 Å². The fourth-order valence-electron chi connectivity index (χ4n) is 4.37. The summed E-state index contributed by atoms with van der Waals surface area (Å²) in [7, 11) is -2.54. The monoisotopic (exact) mass is 512 g/mol. The highest BCUT2D eigenvalue weighted by atomic mass is 35.5. The van der Waals surface area contributed by atoms with Crippen molar-refractivity contribution in [1.29, 1.82) is 0 Å². The normalized spacial score (nSPS) is 14.0. The molecular formula is C27H29ClN2O4S. The molecule has 0 unspecified atom stereocenters. The van der Waals surface area contributed by atoms with E-state index in [9.17, 15) is 13.2 Å². The SMILES string of the molecule is COc1ccc(N(CC(=O)N[C@@H](C)c2ccc3c(c2)CCCC3)S(=O)(=O)c2ccccc2)cc1Cl. The van der Waals surface area contributed by atoms with Gasteiger partial charge in [0.1, 0.15) is 12.3 Å². The molecule has 1 N–H and O–H groups in total. The van der Waals surface area contributed by atoms with E-state index < -0.39 is 22.5 Å². The van der Waals surface area contributed by atoms with Gasteiger partial charge in [-0.15, -0.1) is 0 Å². The third-order valence-corrected chi connectivity index (χ3v) is 8.38. The van der Waals surface area contributed by atoms with Crippen LogP contribution in [0.4, 0.5) is 5.69 Å². The van der Waals surface area contributed by atoms with Crippen molar-refractivity contribution >= 4 is 33.2 Å². The van der Waals surface area contributed by atoms with Crippen LogP contribution in [0.3, 0.4) is 0 Å². The fourth-order valence-corrected chi connectivity index (χ4v) is 6.05. The van der Waals surface area contributed by atoms with Crippen LogP contribution in [0.15, 0.2) is 71.6 Å². The lowest BCUT2D eigenvalue weighted by atomic mass is 9.89. The topological polar surface area (TPSA) is 75.7 Å². The first-order valence-electron chi connectivity index (χ1n) is 11.6. The lowest BCUT2D eigenvalue weighted by Gasteiger charge is -2.26. The van der Waals surface area contributed by atoms with Gasteiger partial charge in [0, 0.05) is 0 Å². The van der Waals surface area contributed by atoms with Crippen LogP contribution in [-0.2, 0) is 27.7 Å². The van der Waals surface area contributed by atoms with Crippen molar-refractivity contribution in [3.8, 4) is 5.75 Å². The minimum absolute atomic E-state index is 0.0856. The molecule has 1 atom stereocenters. The smallest absolute Gasteiger partial charge is 0.264 e. The number of nitrogens with zero attached hydrogens (tertiary/aromatic N) is 1. The maximum Gasteiger partial charge on any atom is 0.264 e. The van der Waals surface area contributed by atoms with Crippen LogP contribution in [0.5, 0.6) is 5.75 Å². The number of aryl methyl sites for hydroxylation is 2. The largest absolute Gasteiger partial charge is 0.495 e. The van der Waals surface area contributed by atoms with Crippen LogP contribution in [0.1, 0.15) is 42.5 Å². The summed E-state index contributed by atoms with van der Waals surface area (Å²) in [6.45, 7) is 1.51. The first-order valence-corrected chi connectivity index (χ1v) is 13.4. The molecule has 0 aliphatic heterocycles. The Balaban J connectivity index is 1.59. The summed E-state index contributed by atoms with van der Waals surface area (Å²) in [4.78, 5) is 13.2. The predicted octanol–water partition coefficient (Wildman–Crippen LogP) is 5.30. The Kier molecular flexibility index (Phi) is 7.67. The molecule has 1 aliphatic rings. The van der Waals surface area contributed by atoms with Crippen LogP contribution in [-0.4, -0.2) is 28.0 Å². The van der Waals surface area contributed by atoms with Crippen molar-refractivity contribution in [1.82, 2.24) is 5.32 Å². The van der Waals surface area contributed by atoms with E-state index in [4.69, 9.17) is 16.3 Å². The van der Waals surface area contributed by atoms with Gasteiger partial charge >= 0.3 is 0 Å². The minimum atomic E-state index is -4.02. The van der Waals surface area contributed by atoms with E-state index in [-0.39, 0.29) is 21.6 Å². The standard InChI is InChI=1S/C27H29ClN2O4S/c1-19(21-13-12-20-8-6-7-9-22(20)16-21)29-27(31)18-30(23-14-15-26(34-2)25(28)17-23)35(32,33)24-10-4-3-5-11-24/h3-5,10-17,19H,6-9,18H2,1-2H3,(H,29,31)/t19-/m0/s1. The molecule has 1 aliphatic carbocycles. The van der Waals surface area contributed by atoms with Gasteiger partial charge < -0.3 is 10.1 Å². The molecule has 3 aromatic rings. The van der Waals surface area contributed by atoms with Gasteiger partial charge in [0.25, 0.3) is 10.0 Å². The molecule has 35 heavy (non-hydrogen) atoms. The van der Waals surface area contributed by atoms with Crippen LogP contribution in [0.2, 0.25) is 5.02 Å². The summed E-state index contributed by atoms with van der Waals surface area (Å²) in [6.07, 6.45) is 4.52. The molecule has 3 aromatic carbocycles. The van der Waals surface area contributed by atoms with E-state index in [1.165, 1.54) is 49.3 Å². The Morgan fingerprint density at radius 2 is 1.74 bits per heavy atom. The van der Waals surface area contributed by atoms with Crippen molar-refractivity contribution in [2.24, 2.45) is 0 Å². The van der Waals surface area contributed by atoms with E-state index in [1.807, 2.05) is 13.0 Å². The fraction of sp³-hybridized carbons (Fsp3) is 0.296. The van der Waals surface area contributed by atoms with E-state index in [0.29, 0.717) is 5.75 Å². The lowest BCUT2D eigenvalue weighted by molar-refractivity contribution is -0.120. The number of rotatable bonds is 8. The van der Waals surface area contributed by atoms with Gasteiger partial charge in [-0.1, -0.05) is 48.0 Å². The highest BCUT2D eigenvalue weighted by Crippen LogP contribution is 2.32. The van der Waals surface area contributed by atoms with Gasteiger partial charge in [-0.3, -0.25) is 9.10 Å². The Labute approximate surface area is 211 Å². The average Bonchev–Trinajstić information content (AvgIpc) is 2.87. The Bertz CT molecular complexity index is 1310. The number of ether oxygens (including phenoxy) is 1. The molecule has 0 heterocycles. The van der Waals surface area contributed by atoms with Gasteiger partial charge in [0.2, 0.25) is 5.91 Å². The zero-order valence-corrected chi connectivity index (χ0v) is 21.4. The van der Waals surface area contributed by atoms with Gasteiger partial charge in [-0.2, -0.15) is 0 Å². The van der Waals surface area contributed by atoms with E-state index >= 15 is 0 Å². The number of nitrogens with one attached hydrogen (secondary N) is 1. The van der Waals surface area contributed by atoms with Crippen molar-refractivity contribution < 1.29 is 17.9 Å². The zero-order chi connectivity index (χ0) is 25.0. The number of halogens is 1. The average molecular weight is 513 g/mol. The second-order valence-electron chi connectivity index (χ2n) is 8.67. The number of methoxy groups -OCH3 is 1.